The molecule has 1 aliphatic rings. The quantitative estimate of drug-likeness (QED) is 0.291. The van der Waals surface area contributed by atoms with E-state index in [4.69, 9.17) is 28.8 Å². The van der Waals surface area contributed by atoms with Gasteiger partial charge in [-0.05, 0) is 6.42 Å². The second-order valence-electron chi connectivity index (χ2n) is 8.59. The number of hydrogen-bond acceptors (Lipinski definition) is 8. The van der Waals surface area contributed by atoms with Gasteiger partial charge in [0.1, 0.15) is 54.6 Å². The van der Waals surface area contributed by atoms with Gasteiger partial charge >= 0.3 is 6.09 Å². The molecule has 1 aliphatic heterocycles. The van der Waals surface area contributed by atoms with Crippen LogP contribution in [0, 0.1) is 23.3 Å². The van der Waals surface area contributed by atoms with E-state index in [2.05, 4.69) is 5.32 Å². The van der Waals surface area contributed by atoms with Crippen molar-refractivity contribution in [3.05, 3.63) is 58.7 Å². The molecule has 1 fully saturated rings. The fourth-order valence-corrected chi connectivity index (χ4v) is 3.68. The van der Waals surface area contributed by atoms with Crippen LogP contribution in [0.3, 0.4) is 0 Å². The monoisotopic (exact) mass is 576 g/mol. The summed E-state index contributed by atoms with van der Waals surface area (Å²) in [7, 11) is 3.00. The molecule has 0 bridgehead atoms. The standard InChI is InChI=1S/C17H24F2N2O4.C10H12F2O3/c1-3-12-10-20-4-5-21(12)17(22)25-11-14-15(18)8-13(9-16(14)19)24-7-6-23-2;1-14-2-3-15-7-4-9(11)8(6-13)10(12)5-7/h8-9,12,20H,3-7,10-11H2,1-2H3;4-5,13H,2-3,6H2,1H3/t12-;/m1./s1. The molecule has 0 aromatic heterocycles. The minimum Gasteiger partial charge on any atom is -0.491 e. The highest BCUT2D eigenvalue weighted by atomic mass is 19.1. The van der Waals surface area contributed by atoms with E-state index in [0.29, 0.717) is 32.8 Å². The number of methoxy groups -OCH3 is 2. The van der Waals surface area contributed by atoms with Gasteiger partial charge in [0.25, 0.3) is 0 Å². The van der Waals surface area contributed by atoms with Gasteiger partial charge in [-0.25, -0.2) is 22.4 Å². The van der Waals surface area contributed by atoms with E-state index in [-0.39, 0.29) is 41.9 Å². The summed E-state index contributed by atoms with van der Waals surface area (Å²) in [6.07, 6.45) is 0.214. The fourth-order valence-electron chi connectivity index (χ4n) is 3.68. The van der Waals surface area contributed by atoms with Crippen LogP contribution >= 0.6 is 0 Å². The van der Waals surface area contributed by atoms with Crippen molar-refractivity contribution in [1.82, 2.24) is 10.2 Å². The van der Waals surface area contributed by atoms with E-state index in [0.717, 1.165) is 30.7 Å². The molecular formula is C27H36F4N2O7. The van der Waals surface area contributed by atoms with Crippen molar-refractivity contribution in [2.24, 2.45) is 0 Å². The Morgan fingerprint density at radius 3 is 1.85 bits per heavy atom. The van der Waals surface area contributed by atoms with Crippen LogP contribution < -0.4 is 14.8 Å². The van der Waals surface area contributed by atoms with Crippen LogP contribution in [0.1, 0.15) is 24.5 Å². The minimum atomic E-state index is -0.815. The van der Waals surface area contributed by atoms with Crippen molar-refractivity contribution in [1.29, 1.82) is 0 Å². The summed E-state index contributed by atoms with van der Waals surface area (Å²) < 4.78 is 79.2. The Morgan fingerprint density at radius 2 is 1.40 bits per heavy atom. The van der Waals surface area contributed by atoms with Gasteiger partial charge in [0, 0.05) is 69.7 Å². The number of aliphatic hydroxyl groups excluding tert-OH is 1. The molecule has 40 heavy (non-hydrogen) atoms. The van der Waals surface area contributed by atoms with Crippen LogP contribution in [-0.2, 0) is 27.4 Å². The van der Waals surface area contributed by atoms with Crippen molar-refractivity contribution < 1.29 is 51.1 Å². The van der Waals surface area contributed by atoms with Crippen molar-refractivity contribution in [3.63, 3.8) is 0 Å². The molecule has 13 heteroatoms. The molecule has 224 valence electrons. The lowest BCUT2D eigenvalue weighted by molar-refractivity contribution is 0.0698. The van der Waals surface area contributed by atoms with E-state index in [1.165, 1.54) is 14.2 Å². The lowest BCUT2D eigenvalue weighted by Gasteiger charge is -2.34. The number of carbonyl (C=O) groups is 1. The summed E-state index contributed by atoms with van der Waals surface area (Å²) in [5, 5.41) is 11.9. The molecule has 3 rings (SSSR count). The van der Waals surface area contributed by atoms with Crippen LogP contribution in [0.4, 0.5) is 22.4 Å². The first kappa shape index (κ1) is 33.1. The average molecular weight is 577 g/mol. The van der Waals surface area contributed by atoms with Crippen LogP contribution in [0.5, 0.6) is 11.5 Å². The predicted molar refractivity (Wildman–Crippen MR) is 137 cm³/mol. The second-order valence-corrected chi connectivity index (χ2v) is 8.59. The van der Waals surface area contributed by atoms with Crippen molar-refractivity contribution in [2.45, 2.75) is 32.6 Å². The fraction of sp³-hybridized carbons (Fsp3) is 0.519. The molecule has 0 aliphatic carbocycles. The summed E-state index contributed by atoms with van der Waals surface area (Å²) in [5.74, 6) is -3.11. The highest BCUT2D eigenvalue weighted by Crippen LogP contribution is 2.23. The molecule has 1 saturated heterocycles. The predicted octanol–water partition coefficient (Wildman–Crippen LogP) is 3.79. The molecule has 0 unspecified atom stereocenters. The van der Waals surface area contributed by atoms with Gasteiger partial charge in [0.2, 0.25) is 0 Å². The Hall–Kier alpha value is -3.13. The first-order valence-corrected chi connectivity index (χ1v) is 12.7. The van der Waals surface area contributed by atoms with Gasteiger partial charge in [-0.2, -0.15) is 0 Å². The van der Waals surface area contributed by atoms with Crippen molar-refractivity contribution >= 4 is 6.09 Å². The number of nitrogens with zero attached hydrogens (tertiary/aromatic N) is 1. The molecule has 1 heterocycles. The largest absolute Gasteiger partial charge is 0.491 e. The first-order valence-electron chi connectivity index (χ1n) is 12.7. The van der Waals surface area contributed by atoms with Gasteiger partial charge in [-0.1, -0.05) is 6.92 Å². The van der Waals surface area contributed by atoms with Gasteiger partial charge < -0.3 is 39.0 Å². The number of nitrogens with one attached hydrogen (secondary N) is 1. The summed E-state index contributed by atoms with van der Waals surface area (Å²) in [6, 6.07) is 4.23. The number of hydrogen-bond donors (Lipinski definition) is 2. The Morgan fingerprint density at radius 1 is 0.900 bits per heavy atom. The highest BCUT2D eigenvalue weighted by Gasteiger charge is 2.27. The number of rotatable bonds is 12. The van der Waals surface area contributed by atoms with E-state index in [1.807, 2.05) is 6.92 Å². The van der Waals surface area contributed by atoms with E-state index >= 15 is 0 Å². The molecule has 9 nitrogen and oxygen atoms in total. The molecule has 0 radical (unpaired) electrons. The molecule has 2 aromatic rings. The van der Waals surface area contributed by atoms with Crippen molar-refractivity contribution in [3.8, 4) is 11.5 Å². The molecule has 2 N–H and O–H groups in total. The zero-order valence-electron chi connectivity index (χ0n) is 22.8. The molecule has 1 amide bonds. The van der Waals surface area contributed by atoms with Gasteiger partial charge in [0.05, 0.1) is 25.4 Å². The number of aliphatic hydroxyl groups is 1. The first-order chi connectivity index (χ1) is 19.2. The minimum absolute atomic E-state index is 0.0208. The van der Waals surface area contributed by atoms with Crippen LogP contribution in [0.25, 0.3) is 0 Å². The third-order valence-electron chi connectivity index (χ3n) is 5.90. The number of benzene rings is 2. The van der Waals surface area contributed by atoms with E-state index < -0.39 is 42.6 Å². The Labute approximate surface area is 230 Å². The van der Waals surface area contributed by atoms with Crippen LogP contribution in [0.2, 0.25) is 0 Å². The summed E-state index contributed by atoms with van der Waals surface area (Å²) in [6.45, 7) is 3.75. The molecule has 2 aromatic carbocycles. The zero-order chi connectivity index (χ0) is 29.5. The van der Waals surface area contributed by atoms with E-state index in [1.54, 1.807) is 4.90 Å². The summed E-state index contributed by atoms with van der Waals surface area (Å²) in [5.41, 5.74) is -0.648. The highest BCUT2D eigenvalue weighted by molar-refractivity contribution is 5.68. The number of carbonyl (C=O) groups excluding carboxylic acids is 1. The smallest absolute Gasteiger partial charge is 0.410 e. The average Bonchev–Trinajstić information content (AvgIpc) is 2.93. The van der Waals surface area contributed by atoms with Crippen LogP contribution in [0.15, 0.2) is 24.3 Å². The summed E-state index contributed by atoms with van der Waals surface area (Å²) >= 11 is 0. The molecular weight excluding hydrogens is 540 g/mol. The third kappa shape index (κ3) is 10.1. The lowest BCUT2D eigenvalue weighted by atomic mass is 10.1. The second kappa shape index (κ2) is 17.5. The Balaban J connectivity index is 0.000000319. The molecule has 1 atom stereocenters. The molecule has 0 spiro atoms. The lowest BCUT2D eigenvalue weighted by Crippen LogP contribution is -2.53. The SMILES string of the molecule is CC[C@@H]1CNCCN1C(=O)OCc1c(F)cc(OCCOC)cc1F.COCCOc1cc(F)c(CO)c(F)c1. The van der Waals surface area contributed by atoms with Crippen molar-refractivity contribution in [2.75, 3.05) is 60.3 Å². The Bertz CT molecular complexity index is 1030. The zero-order valence-corrected chi connectivity index (χ0v) is 22.8. The van der Waals surface area contributed by atoms with Crippen LogP contribution in [-0.4, -0.2) is 82.4 Å². The van der Waals surface area contributed by atoms with Gasteiger partial charge in [-0.3, -0.25) is 0 Å². The maximum Gasteiger partial charge on any atom is 0.410 e. The maximum absolute atomic E-state index is 14.1. The van der Waals surface area contributed by atoms with Gasteiger partial charge in [0.15, 0.2) is 0 Å². The Kier molecular flexibility index (Phi) is 14.5. The van der Waals surface area contributed by atoms with Gasteiger partial charge in [-0.15, -0.1) is 0 Å². The number of amides is 1. The topological polar surface area (TPSA) is 98.7 Å². The maximum atomic E-state index is 14.1. The normalized spacial score (nSPS) is 14.8. The number of ether oxygens (including phenoxy) is 5. The third-order valence-corrected chi connectivity index (χ3v) is 5.90. The molecule has 0 saturated carbocycles. The van der Waals surface area contributed by atoms with E-state index in [9.17, 15) is 22.4 Å². The summed E-state index contributed by atoms with van der Waals surface area (Å²) in [4.78, 5) is 13.8. The number of halogens is 4. The number of piperazine rings is 1.